The van der Waals surface area contributed by atoms with Gasteiger partial charge in [0.05, 0.1) is 18.8 Å². The minimum Gasteiger partial charge on any atom is -0.394 e. The molecule has 0 spiro atoms. The van der Waals surface area contributed by atoms with Crippen LogP contribution in [-0.2, 0) is 0 Å². The fourth-order valence-corrected chi connectivity index (χ4v) is 2.19. The lowest BCUT2D eigenvalue weighted by atomic mass is 10.1. The fourth-order valence-electron chi connectivity index (χ4n) is 1.75. The van der Waals surface area contributed by atoms with Gasteiger partial charge in [0.2, 0.25) is 0 Å². The molecule has 1 heterocycles. The summed E-state index contributed by atoms with van der Waals surface area (Å²) in [5.41, 5.74) is -0.445. The van der Waals surface area contributed by atoms with Crippen molar-refractivity contribution in [1.29, 1.82) is 0 Å². The average Bonchev–Trinajstić information content (AvgIpc) is 3.12. The summed E-state index contributed by atoms with van der Waals surface area (Å²) in [7, 11) is 0. The normalized spacial score (nSPS) is 15.8. The zero-order chi connectivity index (χ0) is 13.3. The van der Waals surface area contributed by atoms with E-state index in [4.69, 9.17) is 0 Å². The molecule has 0 atom stereocenters. The van der Waals surface area contributed by atoms with Gasteiger partial charge < -0.3 is 20.1 Å². The molecule has 1 saturated carbocycles. The van der Waals surface area contributed by atoms with E-state index in [1.165, 1.54) is 0 Å². The molecule has 0 bridgehead atoms. The Morgan fingerprint density at radius 1 is 1.56 bits per heavy atom. The molecular weight excluding hydrogens is 300 g/mol. The molecule has 5 nitrogen and oxygen atoms in total. The van der Waals surface area contributed by atoms with Gasteiger partial charge in [0.15, 0.2) is 0 Å². The number of amides is 1. The van der Waals surface area contributed by atoms with Gasteiger partial charge in [-0.25, -0.2) is 0 Å². The van der Waals surface area contributed by atoms with E-state index in [1.54, 1.807) is 13.0 Å². The van der Waals surface area contributed by atoms with Gasteiger partial charge in [-0.1, -0.05) is 0 Å². The van der Waals surface area contributed by atoms with Gasteiger partial charge in [-0.05, 0) is 41.8 Å². The number of aliphatic hydroxyl groups excluding tert-OH is 2. The zero-order valence-corrected chi connectivity index (χ0v) is 11.8. The lowest BCUT2D eigenvalue weighted by molar-refractivity contribution is 0.0715. The second kappa shape index (κ2) is 5.03. The van der Waals surface area contributed by atoms with Gasteiger partial charge >= 0.3 is 0 Å². The third-order valence-electron chi connectivity index (χ3n) is 3.10. The Balaban J connectivity index is 2.18. The van der Waals surface area contributed by atoms with E-state index in [2.05, 4.69) is 21.2 Å². The van der Waals surface area contributed by atoms with Gasteiger partial charge in [0.1, 0.15) is 5.69 Å². The number of rotatable bonds is 5. The first-order valence-corrected chi connectivity index (χ1v) is 6.70. The molecule has 6 heteroatoms. The fraction of sp³-hybridized carbons (Fsp3) is 0.583. The number of hydrogen-bond acceptors (Lipinski definition) is 3. The van der Waals surface area contributed by atoms with Crippen molar-refractivity contribution >= 4 is 21.8 Å². The van der Waals surface area contributed by atoms with E-state index >= 15 is 0 Å². The summed E-state index contributed by atoms with van der Waals surface area (Å²) in [6.07, 6.45) is 4.05. The quantitative estimate of drug-likeness (QED) is 0.760. The summed E-state index contributed by atoms with van der Waals surface area (Å²) >= 11 is 3.36. The lowest BCUT2D eigenvalue weighted by Gasteiger charge is -2.26. The molecule has 1 aliphatic carbocycles. The number of nitrogens with one attached hydrogen (secondary N) is 1. The van der Waals surface area contributed by atoms with Crippen LogP contribution in [0.15, 0.2) is 16.7 Å². The van der Waals surface area contributed by atoms with Crippen LogP contribution < -0.4 is 5.32 Å². The van der Waals surface area contributed by atoms with Gasteiger partial charge in [-0.15, -0.1) is 0 Å². The minimum absolute atomic E-state index is 0.279. The molecule has 100 valence electrons. The van der Waals surface area contributed by atoms with Crippen molar-refractivity contribution in [2.24, 2.45) is 0 Å². The van der Waals surface area contributed by atoms with Crippen molar-refractivity contribution in [3.8, 4) is 0 Å². The van der Waals surface area contributed by atoms with Gasteiger partial charge in [-0.3, -0.25) is 4.79 Å². The Morgan fingerprint density at radius 3 is 2.67 bits per heavy atom. The molecule has 2 rings (SSSR count). The topological polar surface area (TPSA) is 74.5 Å². The molecule has 1 fully saturated rings. The van der Waals surface area contributed by atoms with Crippen molar-refractivity contribution in [3.63, 3.8) is 0 Å². The smallest absolute Gasteiger partial charge is 0.268 e. The first kappa shape index (κ1) is 13.6. The molecule has 1 aromatic heterocycles. The Hall–Kier alpha value is -0.850. The van der Waals surface area contributed by atoms with Crippen LogP contribution >= 0.6 is 15.9 Å². The first-order chi connectivity index (χ1) is 8.49. The highest BCUT2D eigenvalue weighted by Crippen LogP contribution is 2.37. The maximum atomic E-state index is 12.2. The number of carbonyl (C=O) groups is 1. The van der Waals surface area contributed by atoms with Crippen LogP contribution in [0.3, 0.4) is 0 Å². The zero-order valence-electron chi connectivity index (χ0n) is 10.2. The van der Waals surface area contributed by atoms with E-state index in [0.29, 0.717) is 11.7 Å². The monoisotopic (exact) mass is 316 g/mol. The predicted molar refractivity (Wildman–Crippen MR) is 70.4 cm³/mol. The Bertz CT molecular complexity index is 450. The molecular formula is C12H17BrN2O3. The van der Waals surface area contributed by atoms with E-state index in [-0.39, 0.29) is 19.1 Å². The first-order valence-electron chi connectivity index (χ1n) is 5.91. The van der Waals surface area contributed by atoms with Gasteiger partial charge in [0, 0.05) is 16.7 Å². The molecule has 0 unspecified atom stereocenters. The second-order valence-electron chi connectivity index (χ2n) is 5.01. The number of nitrogens with zero attached hydrogens (tertiary/aromatic N) is 1. The van der Waals surface area contributed by atoms with Crippen LogP contribution in [0.5, 0.6) is 0 Å². The van der Waals surface area contributed by atoms with Crippen LogP contribution in [0.2, 0.25) is 0 Å². The standard InChI is InChI=1S/C12H17BrN2O3/c1-12(6-16,7-17)14-11(18)10-4-8(13)5-15(10)9-2-3-9/h4-5,9,16-17H,2-3,6-7H2,1H3,(H,14,18). The Kier molecular flexibility index (Phi) is 3.79. The summed E-state index contributed by atoms with van der Waals surface area (Å²) in [5.74, 6) is -0.279. The summed E-state index contributed by atoms with van der Waals surface area (Å²) in [4.78, 5) is 12.2. The molecule has 0 radical (unpaired) electrons. The SMILES string of the molecule is CC(CO)(CO)NC(=O)c1cc(Br)cn1C1CC1. The molecule has 3 N–H and O–H groups in total. The summed E-state index contributed by atoms with van der Waals surface area (Å²) in [5, 5.41) is 21.0. The van der Waals surface area contributed by atoms with Gasteiger partial charge in [0.25, 0.3) is 5.91 Å². The third-order valence-corrected chi connectivity index (χ3v) is 3.54. The van der Waals surface area contributed by atoms with E-state index < -0.39 is 5.54 Å². The molecule has 0 saturated heterocycles. The van der Waals surface area contributed by atoms with E-state index in [9.17, 15) is 15.0 Å². The molecule has 1 aliphatic rings. The summed E-state index contributed by atoms with van der Waals surface area (Å²) in [6, 6.07) is 2.15. The molecule has 1 amide bonds. The molecule has 0 aliphatic heterocycles. The number of aromatic nitrogens is 1. The van der Waals surface area contributed by atoms with Crippen molar-refractivity contribution in [1.82, 2.24) is 9.88 Å². The van der Waals surface area contributed by atoms with Crippen molar-refractivity contribution in [3.05, 3.63) is 22.4 Å². The van der Waals surface area contributed by atoms with Crippen LogP contribution in [0, 0.1) is 0 Å². The lowest BCUT2D eigenvalue weighted by Crippen LogP contribution is -2.52. The highest BCUT2D eigenvalue weighted by Gasteiger charge is 2.30. The van der Waals surface area contributed by atoms with Crippen LogP contribution in [0.4, 0.5) is 0 Å². The van der Waals surface area contributed by atoms with Crippen LogP contribution in [-0.4, -0.2) is 39.4 Å². The Morgan fingerprint density at radius 2 is 2.17 bits per heavy atom. The number of carbonyl (C=O) groups excluding carboxylic acids is 1. The van der Waals surface area contributed by atoms with Crippen molar-refractivity contribution < 1.29 is 15.0 Å². The van der Waals surface area contributed by atoms with E-state index in [0.717, 1.165) is 17.3 Å². The third kappa shape index (κ3) is 2.76. The van der Waals surface area contributed by atoms with Crippen molar-refractivity contribution in [2.45, 2.75) is 31.3 Å². The largest absolute Gasteiger partial charge is 0.394 e. The molecule has 1 aromatic rings. The van der Waals surface area contributed by atoms with E-state index in [1.807, 2.05) is 10.8 Å². The number of hydrogen-bond donors (Lipinski definition) is 3. The summed E-state index contributed by atoms with van der Waals surface area (Å²) < 4.78 is 2.79. The maximum absolute atomic E-state index is 12.2. The highest BCUT2D eigenvalue weighted by molar-refractivity contribution is 9.10. The number of halogens is 1. The maximum Gasteiger partial charge on any atom is 0.268 e. The average molecular weight is 317 g/mol. The van der Waals surface area contributed by atoms with Gasteiger partial charge in [-0.2, -0.15) is 0 Å². The molecule has 18 heavy (non-hydrogen) atoms. The van der Waals surface area contributed by atoms with Crippen molar-refractivity contribution in [2.75, 3.05) is 13.2 Å². The Labute approximate surface area is 114 Å². The van der Waals surface area contributed by atoms with Crippen LogP contribution in [0.1, 0.15) is 36.3 Å². The highest BCUT2D eigenvalue weighted by atomic mass is 79.9. The predicted octanol–water partition coefficient (Wildman–Crippen LogP) is 1.06. The molecule has 0 aromatic carbocycles. The summed E-state index contributed by atoms with van der Waals surface area (Å²) in [6.45, 7) is 0.992. The van der Waals surface area contributed by atoms with Crippen LogP contribution in [0.25, 0.3) is 0 Å². The number of aliphatic hydroxyl groups is 2. The second-order valence-corrected chi connectivity index (χ2v) is 5.93. The minimum atomic E-state index is -0.998.